The van der Waals surface area contributed by atoms with Gasteiger partial charge in [-0.1, -0.05) is 0 Å². The van der Waals surface area contributed by atoms with Crippen LogP contribution < -0.4 is 5.32 Å². The summed E-state index contributed by atoms with van der Waals surface area (Å²) in [7, 11) is 0. The van der Waals surface area contributed by atoms with Gasteiger partial charge in [-0.15, -0.1) is 0 Å². The number of aliphatic carboxylic acids is 1. The molecule has 0 bridgehead atoms. The third-order valence-corrected chi connectivity index (χ3v) is 6.23. The molecule has 4 rings (SSSR count). The second-order valence-electron chi connectivity index (χ2n) is 8.35. The van der Waals surface area contributed by atoms with Gasteiger partial charge in [-0.3, -0.25) is 9.69 Å². The van der Waals surface area contributed by atoms with E-state index in [0.717, 1.165) is 50.4 Å². The predicted molar refractivity (Wildman–Crippen MR) is 98.0 cm³/mol. The molecule has 162 valence electrons. The van der Waals surface area contributed by atoms with Crippen LogP contribution in [-0.4, -0.2) is 47.2 Å². The number of hydrogen-bond donors (Lipinski definition) is 2. The van der Waals surface area contributed by atoms with Crippen LogP contribution in [0.2, 0.25) is 0 Å². The van der Waals surface area contributed by atoms with Gasteiger partial charge in [0.15, 0.2) is 0 Å². The number of hydrogen-bond acceptors (Lipinski definition) is 4. The van der Waals surface area contributed by atoms with Gasteiger partial charge < -0.3 is 14.8 Å². The number of likely N-dealkylation sites (tertiary alicyclic amines) is 1. The van der Waals surface area contributed by atoms with E-state index in [2.05, 4.69) is 16.3 Å². The second kappa shape index (κ2) is 8.38. The highest BCUT2D eigenvalue weighted by atomic mass is 19.4. The zero-order valence-electron chi connectivity index (χ0n) is 16.4. The molecule has 3 fully saturated rings. The molecule has 1 amide bonds. The number of nitrogens with one attached hydrogen (secondary N) is 1. The Morgan fingerprint density at radius 1 is 1.28 bits per heavy atom. The number of carboxylic acid groups (broad SMARTS) is 1. The Kier molecular flexibility index (Phi) is 6.26. The Labute approximate surface area is 167 Å². The van der Waals surface area contributed by atoms with Gasteiger partial charge in [-0.2, -0.15) is 13.2 Å². The van der Waals surface area contributed by atoms with Crippen LogP contribution in [0.25, 0.3) is 0 Å². The van der Waals surface area contributed by atoms with Crippen molar-refractivity contribution in [2.24, 2.45) is 11.3 Å². The summed E-state index contributed by atoms with van der Waals surface area (Å²) in [4.78, 5) is 23.7. The van der Waals surface area contributed by atoms with Gasteiger partial charge in [0.05, 0.1) is 6.54 Å². The molecule has 0 aromatic carbocycles. The summed E-state index contributed by atoms with van der Waals surface area (Å²) >= 11 is 0. The van der Waals surface area contributed by atoms with E-state index < -0.39 is 12.1 Å². The molecule has 2 aliphatic carbocycles. The Morgan fingerprint density at radius 2 is 1.90 bits per heavy atom. The Balaban J connectivity index is 0.000000298. The first-order chi connectivity index (χ1) is 13.6. The van der Waals surface area contributed by atoms with Crippen molar-refractivity contribution >= 4 is 11.9 Å². The Hall–Kier alpha value is -2.03. The maximum absolute atomic E-state index is 12.3. The van der Waals surface area contributed by atoms with Gasteiger partial charge in [0.1, 0.15) is 11.5 Å². The predicted octanol–water partition coefficient (Wildman–Crippen LogP) is 3.49. The van der Waals surface area contributed by atoms with Crippen molar-refractivity contribution in [1.82, 2.24) is 10.2 Å². The van der Waals surface area contributed by atoms with Crippen molar-refractivity contribution in [2.45, 2.75) is 64.2 Å². The fraction of sp³-hybridized carbons (Fsp3) is 0.700. The van der Waals surface area contributed by atoms with Crippen LogP contribution in [0.15, 0.2) is 16.5 Å². The van der Waals surface area contributed by atoms with E-state index in [1.54, 1.807) is 0 Å². The maximum Gasteiger partial charge on any atom is 0.490 e. The highest BCUT2D eigenvalue weighted by Crippen LogP contribution is 2.59. The van der Waals surface area contributed by atoms with Crippen LogP contribution in [0.1, 0.15) is 50.0 Å². The summed E-state index contributed by atoms with van der Waals surface area (Å²) < 4.78 is 37.4. The van der Waals surface area contributed by atoms with Crippen molar-refractivity contribution in [2.75, 3.05) is 13.1 Å². The molecular weight excluding hydrogens is 389 g/mol. The fourth-order valence-electron chi connectivity index (χ4n) is 4.07. The minimum Gasteiger partial charge on any atom is -0.475 e. The molecule has 9 heteroatoms. The molecule has 1 aromatic heterocycles. The minimum absolute atomic E-state index is 0.293. The fourth-order valence-corrected chi connectivity index (χ4v) is 4.07. The molecule has 1 aliphatic heterocycles. The highest BCUT2D eigenvalue weighted by Gasteiger charge is 2.58. The van der Waals surface area contributed by atoms with Crippen LogP contribution >= 0.6 is 0 Å². The number of nitrogens with zero attached hydrogens (tertiary/aromatic N) is 1. The number of rotatable bonds is 4. The molecule has 1 unspecified atom stereocenters. The molecule has 1 atom stereocenters. The lowest BCUT2D eigenvalue weighted by Gasteiger charge is -2.32. The third-order valence-electron chi connectivity index (χ3n) is 6.23. The molecule has 6 nitrogen and oxygen atoms in total. The molecule has 3 aliphatic rings. The lowest BCUT2D eigenvalue weighted by molar-refractivity contribution is -0.192. The maximum atomic E-state index is 12.3. The molecule has 1 aromatic rings. The second-order valence-corrected chi connectivity index (χ2v) is 8.35. The van der Waals surface area contributed by atoms with E-state index in [1.807, 2.05) is 13.0 Å². The summed E-state index contributed by atoms with van der Waals surface area (Å²) in [6.07, 6.45) is 2.00. The summed E-state index contributed by atoms with van der Waals surface area (Å²) in [5.74, 6) is -0.0876. The number of aryl methyl sites for hydroxylation is 1. The van der Waals surface area contributed by atoms with Crippen LogP contribution in [0.3, 0.4) is 0 Å². The van der Waals surface area contributed by atoms with Gasteiger partial charge in [0, 0.05) is 12.0 Å². The monoisotopic (exact) mass is 416 g/mol. The van der Waals surface area contributed by atoms with Crippen molar-refractivity contribution in [1.29, 1.82) is 0 Å². The summed E-state index contributed by atoms with van der Waals surface area (Å²) in [5.41, 5.74) is 0.323. The standard InChI is InChI=1S/C18H26N2O2.C2HF3O2/c1-13-5-6-15(22-13)12-20-9-7-18(8-10-20)11-16(18)17(21)19-14-3-2-4-14;3-2(4,5)1(6)7/h5-6,14,16H,2-4,7-12H2,1H3,(H,19,21);(H,6,7). The summed E-state index contributed by atoms with van der Waals surface area (Å²) in [5, 5.41) is 10.4. The van der Waals surface area contributed by atoms with Gasteiger partial charge in [-0.25, -0.2) is 4.79 Å². The Morgan fingerprint density at radius 3 is 2.34 bits per heavy atom. The number of furan rings is 1. The van der Waals surface area contributed by atoms with Gasteiger partial charge >= 0.3 is 12.1 Å². The van der Waals surface area contributed by atoms with E-state index in [-0.39, 0.29) is 0 Å². The van der Waals surface area contributed by atoms with E-state index in [1.165, 1.54) is 19.3 Å². The first-order valence-corrected chi connectivity index (χ1v) is 9.97. The molecule has 29 heavy (non-hydrogen) atoms. The number of piperidine rings is 1. The average molecular weight is 416 g/mol. The van der Waals surface area contributed by atoms with Crippen molar-refractivity contribution < 1.29 is 32.3 Å². The summed E-state index contributed by atoms with van der Waals surface area (Å²) in [6, 6.07) is 4.58. The van der Waals surface area contributed by atoms with E-state index in [0.29, 0.717) is 23.3 Å². The number of carboxylic acids is 1. The van der Waals surface area contributed by atoms with Gasteiger partial charge in [0.25, 0.3) is 0 Å². The van der Waals surface area contributed by atoms with Crippen molar-refractivity contribution in [3.63, 3.8) is 0 Å². The normalized spacial score (nSPS) is 23.7. The topological polar surface area (TPSA) is 82.8 Å². The number of amides is 1. The quantitative estimate of drug-likeness (QED) is 0.785. The lowest BCUT2D eigenvalue weighted by atomic mass is 9.89. The first kappa shape index (κ1) is 21.7. The van der Waals surface area contributed by atoms with Crippen molar-refractivity contribution in [3.05, 3.63) is 23.7 Å². The van der Waals surface area contributed by atoms with Crippen LogP contribution in [0.5, 0.6) is 0 Å². The molecule has 1 spiro atoms. The van der Waals surface area contributed by atoms with Crippen LogP contribution in [-0.2, 0) is 16.1 Å². The minimum atomic E-state index is -5.08. The number of carbonyl (C=O) groups excluding carboxylic acids is 1. The van der Waals surface area contributed by atoms with Crippen LogP contribution in [0.4, 0.5) is 13.2 Å². The molecule has 2 N–H and O–H groups in total. The lowest BCUT2D eigenvalue weighted by Crippen LogP contribution is -2.42. The highest BCUT2D eigenvalue weighted by molar-refractivity contribution is 5.83. The van der Waals surface area contributed by atoms with Crippen molar-refractivity contribution in [3.8, 4) is 0 Å². The number of halogens is 3. The van der Waals surface area contributed by atoms with E-state index >= 15 is 0 Å². The van der Waals surface area contributed by atoms with Gasteiger partial charge in [-0.05, 0) is 76.1 Å². The van der Waals surface area contributed by atoms with Gasteiger partial charge in [0.2, 0.25) is 5.91 Å². The zero-order valence-corrected chi connectivity index (χ0v) is 16.4. The molecule has 0 radical (unpaired) electrons. The van der Waals surface area contributed by atoms with E-state index in [4.69, 9.17) is 14.3 Å². The third kappa shape index (κ3) is 5.52. The Bertz CT molecular complexity index is 734. The molecule has 1 saturated heterocycles. The first-order valence-electron chi connectivity index (χ1n) is 9.97. The van der Waals surface area contributed by atoms with Crippen LogP contribution in [0, 0.1) is 18.3 Å². The van der Waals surface area contributed by atoms with E-state index in [9.17, 15) is 18.0 Å². The summed E-state index contributed by atoms with van der Waals surface area (Å²) in [6.45, 7) is 5.08. The zero-order chi connectivity index (χ0) is 21.2. The largest absolute Gasteiger partial charge is 0.490 e. The molecule has 2 saturated carbocycles. The number of alkyl halides is 3. The average Bonchev–Trinajstić information content (AvgIpc) is 3.16. The smallest absolute Gasteiger partial charge is 0.475 e. The number of carbonyl (C=O) groups is 2. The molecule has 2 heterocycles. The molecular formula is C20H27F3N2O4. The SMILES string of the molecule is Cc1ccc(CN2CCC3(CC2)CC3C(=O)NC2CCC2)o1.O=C(O)C(F)(F)F.